The van der Waals surface area contributed by atoms with Crippen molar-refractivity contribution < 1.29 is 34.8 Å². The Morgan fingerprint density at radius 2 is 1.88 bits per heavy atom. The van der Waals surface area contributed by atoms with Crippen molar-refractivity contribution in [3.05, 3.63) is 5.82 Å². The lowest BCUT2D eigenvalue weighted by Gasteiger charge is -1.97. The van der Waals surface area contributed by atoms with Crippen molar-refractivity contribution in [3.8, 4) is 11.8 Å². The Morgan fingerprint density at radius 1 is 1.31 bits per heavy atom. The third kappa shape index (κ3) is 3.46. The summed E-state index contributed by atoms with van der Waals surface area (Å²) in [6, 6.07) is 0. The van der Waals surface area contributed by atoms with Crippen molar-refractivity contribution >= 4 is 12.3 Å². The number of carbonyl (C=O) groups is 2. The zero-order chi connectivity index (χ0) is 11.4. The second-order valence-corrected chi connectivity index (χ2v) is 2.41. The minimum absolute atomic E-state index is 0. The summed E-state index contributed by atoms with van der Waals surface area (Å²) in [6.45, 7) is 1.74. The van der Waals surface area contributed by atoms with E-state index < -0.39 is 18.2 Å². The van der Waals surface area contributed by atoms with Crippen LogP contribution < -0.4 is 9.47 Å². The summed E-state index contributed by atoms with van der Waals surface area (Å²) in [7, 11) is 0. The van der Waals surface area contributed by atoms with Crippen LogP contribution in [-0.4, -0.2) is 38.0 Å². The van der Waals surface area contributed by atoms with Gasteiger partial charge in [-0.3, -0.25) is 0 Å². The molecule has 9 nitrogen and oxygen atoms in total. The minimum Gasteiger partial charge on any atom is -0.449 e. The molecule has 0 saturated carbocycles. The zero-order valence-electron chi connectivity index (χ0n) is 8.18. The number of H-pyrrole nitrogens is 1. The molecule has 0 bridgehead atoms. The van der Waals surface area contributed by atoms with Crippen LogP contribution in [-0.2, 0) is 6.42 Å². The van der Waals surface area contributed by atoms with Gasteiger partial charge in [0.1, 0.15) is 5.82 Å². The summed E-state index contributed by atoms with van der Waals surface area (Å²) < 4.78 is 8.45. The Balaban J connectivity index is 0.00000225. The van der Waals surface area contributed by atoms with Crippen molar-refractivity contribution in [2.45, 2.75) is 13.3 Å². The number of carboxylic acid groups (broad SMARTS) is 2. The highest BCUT2D eigenvalue weighted by Gasteiger charge is 2.17. The van der Waals surface area contributed by atoms with E-state index in [-0.39, 0.29) is 11.4 Å². The Bertz CT molecular complexity index is 353. The second-order valence-electron chi connectivity index (χ2n) is 2.41. The number of nitrogens with zero attached hydrogens (tertiary/aromatic N) is 1. The molecule has 0 atom stereocenters. The predicted molar refractivity (Wildman–Crippen MR) is 48.9 cm³/mol. The maximum atomic E-state index is 10.2. The van der Waals surface area contributed by atoms with E-state index >= 15 is 0 Å². The van der Waals surface area contributed by atoms with Gasteiger partial charge in [0.05, 0.1) is 0 Å². The van der Waals surface area contributed by atoms with Crippen molar-refractivity contribution in [2.24, 2.45) is 0 Å². The fourth-order valence-electron chi connectivity index (χ4n) is 0.862. The summed E-state index contributed by atoms with van der Waals surface area (Å²) >= 11 is 0. The normalized spacial score (nSPS) is 9.06. The monoisotopic (exact) mass is 234 g/mol. The Morgan fingerprint density at radius 3 is 2.31 bits per heavy atom. The number of aryl methyl sites for hydroxylation is 1. The van der Waals surface area contributed by atoms with Crippen LogP contribution in [0.3, 0.4) is 0 Å². The Hall–Kier alpha value is -2.29. The quantitative estimate of drug-likeness (QED) is 0.633. The molecule has 0 aliphatic carbocycles. The number of hydrogen-bond donors (Lipinski definition) is 3. The van der Waals surface area contributed by atoms with Crippen LogP contribution in [0.25, 0.3) is 0 Å². The standard InChI is InChI=1S/C7H8N2O6.H2O/c1-2-3-8-4(14-6(10)11)5(9-3)15-7(12)13;/h2H2,1H3,(H,8,9)(H,10,11)(H,12,13);1H2. The van der Waals surface area contributed by atoms with Gasteiger partial charge in [-0.25, -0.2) is 9.59 Å². The molecule has 0 unspecified atom stereocenters. The number of ether oxygens (including phenoxy) is 2. The van der Waals surface area contributed by atoms with E-state index in [1.54, 1.807) is 6.92 Å². The maximum Gasteiger partial charge on any atom is 0.512 e. The van der Waals surface area contributed by atoms with Gasteiger partial charge in [0, 0.05) is 6.42 Å². The number of nitrogens with one attached hydrogen (secondary N) is 1. The van der Waals surface area contributed by atoms with Gasteiger partial charge in [-0.1, -0.05) is 6.92 Å². The summed E-state index contributed by atoms with van der Waals surface area (Å²) in [5.41, 5.74) is 0. The zero-order valence-corrected chi connectivity index (χ0v) is 8.18. The Labute approximate surface area is 88.9 Å². The first-order chi connectivity index (χ1) is 7.02. The van der Waals surface area contributed by atoms with Crippen LogP contribution in [0.2, 0.25) is 0 Å². The van der Waals surface area contributed by atoms with Gasteiger partial charge in [-0.05, 0) is 0 Å². The molecule has 0 fully saturated rings. The summed E-state index contributed by atoms with van der Waals surface area (Å²) in [5.74, 6) is -0.397. The van der Waals surface area contributed by atoms with E-state index in [2.05, 4.69) is 19.4 Å². The van der Waals surface area contributed by atoms with Crippen LogP contribution in [0.5, 0.6) is 11.8 Å². The molecule has 1 rings (SSSR count). The van der Waals surface area contributed by atoms with E-state index in [1.807, 2.05) is 0 Å². The van der Waals surface area contributed by atoms with Gasteiger partial charge in [-0.2, -0.15) is 4.98 Å². The largest absolute Gasteiger partial charge is 0.512 e. The Kier molecular flexibility index (Phi) is 4.76. The smallest absolute Gasteiger partial charge is 0.449 e. The molecule has 0 saturated heterocycles. The third-order valence-corrected chi connectivity index (χ3v) is 1.40. The van der Waals surface area contributed by atoms with Crippen LogP contribution in [0.1, 0.15) is 12.7 Å². The third-order valence-electron chi connectivity index (χ3n) is 1.40. The van der Waals surface area contributed by atoms with Crippen LogP contribution in [0.4, 0.5) is 9.59 Å². The molecule has 1 heterocycles. The van der Waals surface area contributed by atoms with Crippen LogP contribution >= 0.6 is 0 Å². The molecule has 90 valence electrons. The maximum absolute atomic E-state index is 10.2. The molecule has 0 amide bonds. The second kappa shape index (κ2) is 5.56. The molecule has 0 aromatic carbocycles. The molecule has 0 aliphatic heterocycles. The van der Waals surface area contributed by atoms with Gasteiger partial charge in [0.25, 0.3) is 11.8 Å². The van der Waals surface area contributed by atoms with Crippen molar-refractivity contribution in [1.29, 1.82) is 0 Å². The van der Waals surface area contributed by atoms with E-state index in [0.717, 1.165) is 0 Å². The lowest BCUT2D eigenvalue weighted by molar-refractivity contribution is 0.130. The van der Waals surface area contributed by atoms with E-state index in [9.17, 15) is 9.59 Å². The molecule has 1 aromatic heterocycles. The average molecular weight is 234 g/mol. The number of aromatic amines is 1. The summed E-state index contributed by atoms with van der Waals surface area (Å²) in [5, 5.41) is 16.7. The molecule has 0 spiro atoms. The lowest BCUT2D eigenvalue weighted by Crippen LogP contribution is -2.08. The number of hydrogen-bond acceptors (Lipinski definition) is 5. The molecule has 1 aromatic rings. The highest BCUT2D eigenvalue weighted by atomic mass is 16.7. The van der Waals surface area contributed by atoms with E-state index in [1.165, 1.54) is 0 Å². The summed E-state index contributed by atoms with van der Waals surface area (Å²) in [6.07, 6.45) is -2.73. The van der Waals surface area contributed by atoms with Gasteiger partial charge in [-0.15, -0.1) is 0 Å². The van der Waals surface area contributed by atoms with Gasteiger partial charge < -0.3 is 30.1 Å². The molecule has 0 aliphatic rings. The SMILES string of the molecule is CCc1nc(OC(=O)O)c(OC(=O)O)[nH]1.O. The number of imidazole rings is 1. The minimum atomic E-state index is -1.60. The first-order valence-electron chi connectivity index (χ1n) is 3.93. The van der Waals surface area contributed by atoms with Crippen molar-refractivity contribution in [3.63, 3.8) is 0 Å². The van der Waals surface area contributed by atoms with Gasteiger partial charge in [0.15, 0.2) is 0 Å². The topological polar surface area (TPSA) is 153 Å². The van der Waals surface area contributed by atoms with Gasteiger partial charge in [0.2, 0.25) is 0 Å². The fraction of sp³-hybridized carbons (Fsp3) is 0.286. The average Bonchev–Trinajstić information content (AvgIpc) is 2.46. The molecule has 0 radical (unpaired) electrons. The van der Waals surface area contributed by atoms with E-state index in [4.69, 9.17) is 10.2 Å². The highest BCUT2D eigenvalue weighted by Crippen LogP contribution is 2.24. The number of aromatic nitrogens is 2. The van der Waals surface area contributed by atoms with Crippen molar-refractivity contribution in [1.82, 2.24) is 9.97 Å². The lowest BCUT2D eigenvalue weighted by atomic mass is 10.5. The number of rotatable bonds is 3. The molecule has 16 heavy (non-hydrogen) atoms. The predicted octanol–water partition coefficient (Wildman–Crippen LogP) is 0.261. The summed E-state index contributed by atoms with van der Waals surface area (Å²) in [4.78, 5) is 26.6. The first kappa shape index (κ1) is 13.7. The van der Waals surface area contributed by atoms with E-state index in [0.29, 0.717) is 12.2 Å². The van der Waals surface area contributed by atoms with Crippen LogP contribution in [0.15, 0.2) is 0 Å². The molecular formula is C7H10N2O7. The molecule has 5 N–H and O–H groups in total. The van der Waals surface area contributed by atoms with Crippen LogP contribution in [0, 0.1) is 0 Å². The first-order valence-corrected chi connectivity index (χ1v) is 3.93. The molecule has 9 heteroatoms. The highest BCUT2D eigenvalue weighted by molar-refractivity contribution is 5.64. The molecular weight excluding hydrogens is 224 g/mol. The van der Waals surface area contributed by atoms with Crippen molar-refractivity contribution in [2.75, 3.05) is 0 Å². The van der Waals surface area contributed by atoms with Gasteiger partial charge >= 0.3 is 12.3 Å². The fourth-order valence-corrected chi connectivity index (χ4v) is 0.862.